The number of amides is 1. The van der Waals surface area contributed by atoms with Crippen molar-refractivity contribution in [2.75, 3.05) is 6.61 Å². The maximum Gasteiger partial charge on any atom is 0.296 e. The Morgan fingerprint density at radius 3 is 2.68 bits per heavy atom. The number of ketones is 1. The number of hydrogen-bond donors (Lipinski definition) is 1. The van der Waals surface area contributed by atoms with Crippen molar-refractivity contribution in [3.63, 3.8) is 0 Å². The van der Waals surface area contributed by atoms with Crippen LogP contribution in [0.15, 0.2) is 69.2 Å². The van der Waals surface area contributed by atoms with Gasteiger partial charge in [0.1, 0.15) is 34.8 Å². The molecule has 3 heterocycles. The SMILES string of the molecule is CCCOc1cccc(/C(O)=C2/C(=O)C(=O)N(Cc3ccco3)C2c2ccc(C)o2)c1. The number of rotatable bonds is 7. The number of likely N-dealkylation sites (tertiary alicyclic amines) is 1. The second kappa shape index (κ2) is 8.55. The van der Waals surface area contributed by atoms with Crippen molar-refractivity contribution in [1.82, 2.24) is 4.90 Å². The van der Waals surface area contributed by atoms with Crippen molar-refractivity contribution >= 4 is 17.4 Å². The fraction of sp³-hybridized carbons (Fsp3) is 0.250. The minimum Gasteiger partial charge on any atom is -0.507 e. The summed E-state index contributed by atoms with van der Waals surface area (Å²) in [7, 11) is 0. The molecule has 2 aromatic heterocycles. The van der Waals surface area contributed by atoms with Gasteiger partial charge in [0.25, 0.3) is 11.7 Å². The summed E-state index contributed by atoms with van der Waals surface area (Å²) >= 11 is 0. The third kappa shape index (κ3) is 3.99. The molecule has 1 saturated heterocycles. The zero-order valence-electron chi connectivity index (χ0n) is 17.3. The highest BCUT2D eigenvalue weighted by Crippen LogP contribution is 2.41. The maximum absolute atomic E-state index is 13.0. The normalized spacial score (nSPS) is 18.0. The highest BCUT2D eigenvalue weighted by atomic mass is 16.5. The van der Waals surface area contributed by atoms with Crippen molar-refractivity contribution in [3.05, 3.63) is 83.2 Å². The predicted molar refractivity (Wildman–Crippen MR) is 112 cm³/mol. The third-order valence-corrected chi connectivity index (χ3v) is 5.06. The summed E-state index contributed by atoms with van der Waals surface area (Å²) in [6.07, 6.45) is 2.34. The van der Waals surface area contributed by atoms with E-state index in [1.165, 1.54) is 11.2 Å². The van der Waals surface area contributed by atoms with E-state index in [9.17, 15) is 14.7 Å². The van der Waals surface area contributed by atoms with E-state index in [4.69, 9.17) is 13.6 Å². The van der Waals surface area contributed by atoms with E-state index >= 15 is 0 Å². The van der Waals surface area contributed by atoms with Crippen LogP contribution in [0.4, 0.5) is 0 Å². The molecule has 1 atom stereocenters. The lowest BCUT2D eigenvalue weighted by Gasteiger charge is -2.22. The van der Waals surface area contributed by atoms with E-state index in [0.717, 1.165) is 6.42 Å². The molecule has 1 unspecified atom stereocenters. The van der Waals surface area contributed by atoms with Gasteiger partial charge in [-0.15, -0.1) is 0 Å². The monoisotopic (exact) mass is 421 g/mol. The molecule has 160 valence electrons. The van der Waals surface area contributed by atoms with E-state index < -0.39 is 17.7 Å². The Morgan fingerprint density at radius 2 is 2.00 bits per heavy atom. The van der Waals surface area contributed by atoms with E-state index in [-0.39, 0.29) is 17.9 Å². The average molecular weight is 421 g/mol. The second-order valence-corrected chi connectivity index (χ2v) is 7.33. The van der Waals surface area contributed by atoms with Crippen LogP contribution in [0.1, 0.15) is 42.2 Å². The largest absolute Gasteiger partial charge is 0.507 e. The number of aryl methyl sites for hydroxylation is 1. The number of ether oxygens (including phenoxy) is 1. The van der Waals surface area contributed by atoms with Crippen molar-refractivity contribution in [3.8, 4) is 5.75 Å². The average Bonchev–Trinajstić information content (AvgIpc) is 3.49. The molecule has 31 heavy (non-hydrogen) atoms. The molecule has 0 spiro atoms. The number of Topliss-reactive ketones (excluding diaryl/α,β-unsaturated/α-hetero) is 1. The van der Waals surface area contributed by atoms with Gasteiger partial charge >= 0.3 is 0 Å². The van der Waals surface area contributed by atoms with Crippen molar-refractivity contribution in [2.24, 2.45) is 0 Å². The van der Waals surface area contributed by atoms with Gasteiger partial charge in [-0.05, 0) is 49.7 Å². The quantitative estimate of drug-likeness (QED) is 0.341. The van der Waals surface area contributed by atoms with Crippen LogP contribution in [-0.2, 0) is 16.1 Å². The fourth-order valence-electron chi connectivity index (χ4n) is 3.62. The van der Waals surface area contributed by atoms with Gasteiger partial charge in [0, 0.05) is 5.56 Å². The molecule has 1 N–H and O–H groups in total. The number of nitrogens with zero attached hydrogens (tertiary/aromatic N) is 1. The van der Waals surface area contributed by atoms with E-state index in [1.807, 2.05) is 6.92 Å². The highest BCUT2D eigenvalue weighted by molar-refractivity contribution is 6.46. The number of benzene rings is 1. The molecule has 4 rings (SSSR count). The van der Waals surface area contributed by atoms with Gasteiger partial charge in [-0.25, -0.2) is 0 Å². The standard InChI is InChI=1S/C24H23NO6/c1-3-11-29-17-7-4-6-16(13-17)22(26)20-21(19-10-9-15(2)31-19)25(24(28)23(20)27)14-18-8-5-12-30-18/h4-10,12-13,21,26H,3,11,14H2,1-2H3/b22-20-. The van der Waals surface area contributed by atoms with Gasteiger partial charge in [-0.2, -0.15) is 0 Å². The number of hydrogen-bond acceptors (Lipinski definition) is 6. The molecular formula is C24H23NO6. The number of carbonyl (C=O) groups is 2. The Hall–Kier alpha value is -3.74. The molecule has 1 amide bonds. The Balaban J connectivity index is 1.80. The summed E-state index contributed by atoms with van der Waals surface area (Å²) in [4.78, 5) is 27.2. The summed E-state index contributed by atoms with van der Waals surface area (Å²) in [6.45, 7) is 4.37. The van der Waals surface area contributed by atoms with Crippen molar-refractivity contribution < 1.29 is 28.3 Å². The first-order valence-electron chi connectivity index (χ1n) is 10.1. The van der Waals surface area contributed by atoms with Gasteiger partial charge in [-0.1, -0.05) is 19.1 Å². The summed E-state index contributed by atoms with van der Waals surface area (Å²) < 4.78 is 16.8. The Bertz CT molecular complexity index is 1120. The van der Waals surface area contributed by atoms with Crippen LogP contribution in [-0.4, -0.2) is 28.3 Å². The van der Waals surface area contributed by atoms with E-state index in [1.54, 1.807) is 55.5 Å². The van der Waals surface area contributed by atoms with Crippen LogP contribution in [0, 0.1) is 6.92 Å². The molecule has 1 aromatic carbocycles. The lowest BCUT2D eigenvalue weighted by Crippen LogP contribution is -2.28. The van der Waals surface area contributed by atoms with Gasteiger partial charge in [-0.3, -0.25) is 9.59 Å². The van der Waals surface area contributed by atoms with E-state index in [0.29, 0.717) is 35.2 Å². The maximum atomic E-state index is 13.0. The number of carbonyl (C=O) groups excluding carboxylic acids is 2. The second-order valence-electron chi connectivity index (χ2n) is 7.33. The van der Waals surface area contributed by atoms with E-state index in [2.05, 4.69) is 0 Å². The molecular weight excluding hydrogens is 398 g/mol. The van der Waals surface area contributed by atoms with Gasteiger partial charge in [0.05, 0.1) is 25.0 Å². The van der Waals surface area contributed by atoms with Gasteiger partial charge in [0.15, 0.2) is 0 Å². The first kappa shape index (κ1) is 20.5. The lowest BCUT2D eigenvalue weighted by molar-refractivity contribution is -0.140. The van der Waals surface area contributed by atoms with Crippen LogP contribution in [0.3, 0.4) is 0 Å². The predicted octanol–water partition coefficient (Wildman–Crippen LogP) is 4.59. The molecule has 0 aliphatic carbocycles. The van der Waals surface area contributed by atoms with Crippen LogP contribution >= 0.6 is 0 Å². The third-order valence-electron chi connectivity index (χ3n) is 5.06. The molecule has 1 aliphatic heterocycles. The minimum absolute atomic E-state index is 0.0291. The molecule has 0 radical (unpaired) electrons. The molecule has 3 aromatic rings. The Labute approximate surface area is 179 Å². The zero-order chi connectivity index (χ0) is 22.0. The summed E-state index contributed by atoms with van der Waals surface area (Å²) in [6, 6.07) is 12.8. The molecule has 1 fully saturated rings. The molecule has 0 bridgehead atoms. The fourth-order valence-corrected chi connectivity index (χ4v) is 3.62. The lowest BCUT2D eigenvalue weighted by atomic mass is 9.99. The molecule has 7 heteroatoms. The summed E-state index contributed by atoms with van der Waals surface area (Å²) in [5, 5.41) is 11.1. The van der Waals surface area contributed by atoms with Crippen LogP contribution < -0.4 is 4.74 Å². The van der Waals surface area contributed by atoms with Crippen molar-refractivity contribution in [1.29, 1.82) is 0 Å². The first-order chi connectivity index (χ1) is 15.0. The molecule has 0 saturated carbocycles. The number of aliphatic hydroxyl groups is 1. The van der Waals surface area contributed by atoms with Gasteiger partial charge in [0.2, 0.25) is 0 Å². The summed E-state index contributed by atoms with van der Waals surface area (Å²) in [5.74, 6) is 0.336. The molecule has 1 aliphatic rings. The molecule has 7 nitrogen and oxygen atoms in total. The first-order valence-corrected chi connectivity index (χ1v) is 10.1. The van der Waals surface area contributed by atoms with Gasteiger partial charge < -0.3 is 23.6 Å². The Kier molecular flexibility index (Phi) is 5.66. The highest BCUT2D eigenvalue weighted by Gasteiger charge is 2.47. The smallest absolute Gasteiger partial charge is 0.296 e. The number of furan rings is 2. The summed E-state index contributed by atoms with van der Waals surface area (Å²) in [5.41, 5.74) is 0.358. The van der Waals surface area contributed by atoms with Crippen LogP contribution in [0.2, 0.25) is 0 Å². The van der Waals surface area contributed by atoms with Crippen LogP contribution in [0.25, 0.3) is 5.76 Å². The number of aliphatic hydroxyl groups excluding tert-OH is 1. The topological polar surface area (TPSA) is 93.1 Å². The van der Waals surface area contributed by atoms with Crippen LogP contribution in [0.5, 0.6) is 5.75 Å². The zero-order valence-corrected chi connectivity index (χ0v) is 17.3. The minimum atomic E-state index is -0.876. The Morgan fingerprint density at radius 1 is 1.16 bits per heavy atom. The van der Waals surface area contributed by atoms with Crippen molar-refractivity contribution in [2.45, 2.75) is 32.9 Å².